The van der Waals surface area contributed by atoms with Crippen LogP contribution in [0.4, 0.5) is 17.1 Å². The minimum absolute atomic E-state index is 0.155. The highest BCUT2D eigenvalue weighted by molar-refractivity contribution is 7.89. The summed E-state index contributed by atoms with van der Waals surface area (Å²) in [6.07, 6.45) is 0. The highest BCUT2D eigenvalue weighted by Crippen LogP contribution is 2.33. The van der Waals surface area contributed by atoms with Gasteiger partial charge in [0.25, 0.3) is 11.4 Å². The second-order valence-electron chi connectivity index (χ2n) is 7.30. The number of nitro benzene ring substituents is 2. The lowest BCUT2D eigenvalue weighted by atomic mass is 10.0. The second kappa shape index (κ2) is 8.36. The lowest BCUT2D eigenvalue weighted by molar-refractivity contribution is -0.393. The summed E-state index contributed by atoms with van der Waals surface area (Å²) in [5.74, 6) is 0.294. The topological polar surface area (TPSA) is 127 Å². The monoisotopic (exact) mass is 434 g/mol. The van der Waals surface area contributed by atoms with E-state index in [1.807, 2.05) is 13.8 Å². The predicted octanol–water partition coefficient (Wildman–Crippen LogP) is 3.14. The van der Waals surface area contributed by atoms with Gasteiger partial charge in [0.2, 0.25) is 10.0 Å². The van der Waals surface area contributed by atoms with Gasteiger partial charge in [-0.2, -0.15) is 4.31 Å². The SMILES string of the molecule is CC(C)c1ccc(S(=O)(=O)N2CCN(c3ccc([N+](=O)[O-])cc3[N+](=O)[O-])CC2)cc1. The molecular formula is C19H22N4O6S. The highest BCUT2D eigenvalue weighted by Gasteiger charge is 2.31. The maximum Gasteiger partial charge on any atom is 0.299 e. The van der Waals surface area contributed by atoms with Crippen LogP contribution in [0.2, 0.25) is 0 Å². The number of anilines is 1. The standard InChI is InChI=1S/C19H22N4O6S/c1-14(2)15-3-6-17(7-4-15)30(28,29)21-11-9-20(10-12-21)18-8-5-16(22(24)25)13-19(18)23(26)27/h3-8,13-14H,9-12H2,1-2H3. The Morgan fingerprint density at radius 3 is 2.00 bits per heavy atom. The Kier molecular flexibility index (Phi) is 6.04. The fourth-order valence-electron chi connectivity index (χ4n) is 3.38. The molecule has 11 heteroatoms. The van der Waals surface area contributed by atoms with Crippen LogP contribution in [0.3, 0.4) is 0 Å². The Morgan fingerprint density at radius 1 is 0.900 bits per heavy atom. The third-order valence-electron chi connectivity index (χ3n) is 5.13. The van der Waals surface area contributed by atoms with Crippen molar-refractivity contribution >= 4 is 27.1 Å². The van der Waals surface area contributed by atoms with Gasteiger partial charge >= 0.3 is 0 Å². The number of non-ortho nitro benzene ring substituents is 1. The molecule has 0 radical (unpaired) electrons. The van der Waals surface area contributed by atoms with Crippen LogP contribution in [0, 0.1) is 20.2 Å². The van der Waals surface area contributed by atoms with Crippen LogP contribution in [-0.4, -0.2) is 48.7 Å². The molecule has 0 N–H and O–H groups in total. The Morgan fingerprint density at radius 2 is 1.50 bits per heavy atom. The number of sulfonamides is 1. The van der Waals surface area contributed by atoms with Gasteiger partial charge in [0.1, 0.15) is 5.69 Å². The van der Waals surface area contributed by atoms with E-state index in [1.165, 1.54) is 16.4 Å². The molecule has 1 saturated heterocycles. The van der Waals surface area contributed by atoms with E-state index < -0.39 is 19.9 Å². The minimum Gasteiger partial charge on any atom is -0.363 e. The van der Waals surface area contributed by atoms with Crippen LogP contribution >= 0.6 is 0 Å². The summed E-state index contributed by atoms with van der Waals surface area (Å²) >= 11 is 0. The van der Waals surface area contributed by atoms with Crippen molar-refractivity contribution in [3.05, 3.63) is 68.3 Å². The Bertz CT molecular complexity index is 1060. The molecule has 0 unspecified atom stereocenters. The number of benzene rings is 2. The first kappa shape index (κ1) is 21.7. The van der Waals surface area contributed by atoms with Gasteiger partial charge in [0, 0.05) is 32.2 Å². The molecule has 0 spiro atoms. The molecule has 2 aromatic carbocycles. The number of hydrogen-bond donors (Lipinski definition) is 0. The normalized spacial score (nSPS) is 15.4. The summed E-state index contributed by atoms with van der Waals surface area (Å²) in [6, 6.07) is 10.3. The van der Waals surface area contributed by atoms with Gasteiger partial charge < -0.3 is 4.90 Å². The van der Waals surface area contributed by atoms with Crippen LogP contribution in [-0.2, 0) is 10.0 Å². The van der Waals surface area contributed by atoms with E-state index in [9.17, 15) is 28.6 Å². The summed E-state index contributed by atoms with van der Waals surface area (Å²) in [4.78, 5) is 22.8. The third kappa shape index (κ3) is 4.26. The van der Waals surface area contributed by atoms with Crippen molar-refractivity contribution in [1.82, 2.24) is 4.31 Å². The van der Waals surface area contributed by atoms with Gasteiger partial charge in [-0.05, 0) is 29.7 Å². The van der Waals surface area contributed by atoms with Gasteiger partial charge in [-0.25, -0.2) is 8.42 Å². The number of rotatable bonds is 6. The molecule has 2 aromatic rings. The fourth-order valence-corrected chi connectivity index (χ4v) is 4.80. The second-order valence-corrected chi connectivity index (χ2v) is 9.24. The largest absolute Gasteiger partial charge is 0.363 e. The quantitative estimate of drug-likeness (QED) is 0.505. The van der Waals surface area contributed by atoms with Gasteiger partial charge in [0.15, 0.2) is 0 Å². The number of nitrogens with zero attached hydrogens (tertiary/aromatic N) is 4. The van der Waals surface area contributed by atoms with Crippen molar-refractivity contribution in [2.24, 2.45) is 0 Å². The van der Waals surface area contributed by atoms with Crippen LogP contribution in [0.15, 0.2) is 47.4 Å². The first-order valence-electron chi connectivity index (χ1n) is 9.39. The van der Waals surface area contributed by atoms with Crippen molar-refractivity contribution < 1.29 is 18.3 Å². The highest BCUT2D eigenvalue weighted by atomic mass is 32.2. The summed E-state index contributed by atoms with van der Waals surface area (Å²) in [5, 5.41) is 22.3. The Hall–Kier alpha value is -3.05. The number of hydrogen-bond acceptors (Lipinski definition) is 7. The van der Waals surface area contributed by atoms with Gasteiger partial charge in [-0.1, -0.05) is 26.0 Å². The summed E-state index contributed by atoms with van der Waals surface area (Å²) in [7, 11) is -3.67. The van der Waals surface area contributed by atoms with Gasteiger partial charge in [-0.3, -0.25) is 20.2 Å². The van der Waals surface area contributed by atoms with Crippen molar-refractivity contribution in [2.75, 3.05) is 31.1 Å². The van der Waals surface area contributed by atoms with Crippen molar-refractivity contribution in [2.45, 2.75) is 24.7 Å². The van der Waals surface area contributed by atoms with E-state index in [0.717, 1.165) is 11.6 Å². The third-order valence-corrected chi connectivity index (χ3v) is 7.04. The van der Waals surface area contributed by atoms with Crippen molar-refractivity contribution in [3.63, 3.8) is 0 Å². The fraction of sp³-hybridized carbons (Fsp3) is 0.368. The smallest absolute Gasteiger partial charge is 0.299 e. The van der Waals surface area contributed by atoms with E-state index in [0.29, 0.717) is 5.92 Å². The lowest BCUT2D eigenvalue weighted by Gasteiger charge is -2.35. The molecule has 1 aliphatic rings. The van der Waals surface area contributed by atoms with Crippen LogP contribution in [0.5, 0.6) is 0 Å². The lowest BCUT2D eigenvalue weighted by Crippen LogP contribution is -2.48. The molecule has 160 valence electrons. The average Bonchev–Trinajstić information content (AvgIpc) is 2.73. The number of nitro groups is 2. The molecule has 3 rings (SSSR count). The summed E-state index contributed by atoms with van der Waals surface area (Å²) in [5.41, 5.74) is 0.550. The van der Waals surface area contributed by atoms with Crippen LogP contribution in [0.25, 0.3) is 0 Å². The average molecular weight is 434 g/mol. The Balaban J connectivity index is 1.77. The Labute approximate surface area is 174 Å². The zero-order chi connectivity index (χ0) is 22.1. The van der Waals surface area contributed by atoms with E-state index >= 15 is 0 Å². The van der Waals surface area contributed by atoms with E-state index in [-0.39, 0.29) is 48.1 Å². The molecule has 10 nitrogen and oxygen atoms in total. The molecule has 0 amide bonds. The van der Waals surface area contributed by atoms with Gasteiger partial charge in [0.05, 0.1) is 20.8 Å². The van der Waals surface area contributed by atoms with E-state index in [1.54, 1.807) is 29.2 Å². The summed E-state index contributed by atoms with van der Waals surface area (Å²) < 4.78 is 27.2. The maximum atomic E-state index is 12.9. The van der Waals surface area contributed by atoms with Crippen molar-refractivity contribution in [1.29, 1.82) is 0 Å². The molecule has 1 fully saturated rings. The molecule has 0 aliphatic carbocycles. The maximum absolute atomic E-state index is 12.9. The molecule has 0 bridgehead atoms. The van der Waals surface area contributed by atoms with E-state index in [2.05, 4.69) is 0 Å². The number of piperazine rings is 1. The van der Waals surface area contributed by atoms with E-state index in [4.69, 9.17) is 0 Å². The van der Waals surface area contributed by atoms with Crippen LogP contribution in [0.1, 0.15) is 25.3 Å². The molecule has 1 aliphatic heterocycles. The minimum atomic E-state index is -3.67. The first-order valence-corrected chi connectivity index (χ1v) is 10.8. The van der Waals surface area contributed by atoms with Gasteiger partial charge in [-0.15, -0.1) is 0 Å². The molecule has 30 heavy (non-hydrogen) atoms. The predicted molar refractivity (Wildman–Crippen MR) is 111 cm³/mol. The molecule has 0 atom stereocenters. The molecular weight excluding hydrogens is 412 g/mol. The zero-order valence-corrected chi connectivity index (χ0v) is 17.4. The first-order chi connectivity index (χ1) is 14.1. The van der Waals surface area contributed by atoms with Crippen LogP contribution < -0.4 is 4.90 Å². The summed E-state index contributed by atoms with van der Waals surface area (Å²) in [6.45, 7) is 4.84. The molecule has 0 saturated carbocycles. The molecule has 0 aromatic heterocycles. The zero-order valence-electron chi connectivity index (χ0n) is 16.6. The van der Waals surface area contributed by atoms with Crippen molar-refractivity contribution in [3.8, 4) is 0 Å². The molecule has 1 heterocycles.